The third-order valence-electron chi connectivity index (χ3n) is 2.68. The SMILES string of the molecule is COC(=O)CN(CC(=O)OC)c1nc(N)nc2nc[nH]c12. The fraction of sp³-hybridized carbons (Fsp3) is 0.364. The number of carbonyl (C=O) groups excluding carboxylic acids is 2. The standard InChI is InChI=1S/C11H14N6O4/c1-20-6(18)3-17(4-7(19)21-2)10-8-9(14-5-13-8)15-11(12)16-10/h5H,3-4H2,1-2H3,(H3,12,13,14,15,16). The second-order valence-corrected chi connectivity index (χ2v) is 4.01. The molecule has 0 aliphatic carbocycles. The first kappa shape index (κ1) is 14.5. The zero-order chi connectivity index (χ0) is 15.4. The molecule has 2 aromatic rings. The van der Waals surface area contributed by atoms with Crippen LogP contribution in [0.1, 0.15) is 0 Å². The number of aromatic nitrogens is 4. The van der Waals surface area contributed by atoms with E-state index in [4.69, 9.17) is 5.73 Å². The van der Waals surface area contributed by atoms with Crippen LogP contribution in [0.25, 0.3) is 11.2 Å². The van der Waals surface area contributed by atoms with E-state index in [1.807, 2.05) is 0 Å². The number of ether oxygens (including phenoxy) is 2. The van der Waals surface area contributed by atoms with Gasteiger partial charge in [0.15, 0.2) is 11.5 Å². The molecular formula is C11H14N6O4. The molecule has 2 rings (SSSR count). The first-order chi connectivity index (χ1) is 10.0. The van der Waals surface area contributed by atoms with Crippen molar-refractivity contribution >= 4 is 34.9 Å². The van der Waals surface area contributed by atoms with Crippen LogP contribution >= 0.6 is 0 Å². The maximum Gasteiger partial charge on any atom is 0.325 e. The molecule has 0 fully saturated rings. The topological polar surface area (TPSA) is 136 Å². The molecule has 0 radical (unpaired) electrons. The van der Waals surface area contributed by atoms with Crippen molar-refractivity contribution in [1.82, 2.24) is 19.9 Å². The number of hydrogen-bond acceptors (Lipinski definition) is 9. The number of H-pyrrole nitrogens is 1. The number of nitrogens with zero attached hydrogens (tertiary/aromatic N) is 4. The lowest BCUT2D eigenvalue weighted by Crippen LogP contribution is -2.36. The molecule has 112 valence electrons. The lowest BCUT2D eigenvalue weighted by molar-refractivity contribution is -0.140. The molecule has 0 atom stereocenters. The van der Waals surface area contributed by atoms with Crippen LogP contribution in [0.3, 0.4) is 0 Å². The van der Waals surface area contributed by atoms with Gasteiger partial charge >= 0.3 is 11.9 Å². The van der Waals surface area contributed by atoms with Gasteiger partial charge in [0.2, 0.25) is 5.95 Å². The molecule has 0 aliphatic heterocycles. The zero-order valence-electron chi connectivity index (χ0n) is 11.5. The molecule has 2 aromatic heterocycles. The molecule has 0 bridgehead atoms. The minimum atomic E-state index is -0.538. The number of imidazole rings is 1. The maximum atomic E-state index is 11.5. The normalized spacial score (nSPS) is 10.4. The number of nitrogen functional groups attached to an aromatic ring is 1. The van der Waals surface area contributed by atoms with Gasteiger partial charge < -0.3 is 25.1 Å². The molecule has 0 saturated carbocycles. The third-order valence-corrected chi connectivity index (χ3v) is 2.68. The fourth-order valence-corrected chi connectivity index (χ4v) is 1.71. The quantitative estimate of drug-likeness (QED) is 0.671. The number of nitrogens with two attached hydrogens (primary N) is 1. The van der Waals surface area contributed by atoms with Gasteiger partial charge in [-0.25, -0.2) is 4.98 Å². The first-order valence-corrected chi connectivity index (χ1v) is 5.90. The van der Waals surface area contributed by atoms with Gasteiger partial charge in [0, 0.05) is 0 Å². The summed E-state index contributed by atoms with van der Waals surface area (Å²) in [5.74, 6) is -0.831. The zero-order valence-corrected chi connectivity index (χ0v) is 11.5. The summed E-state index contributed by atoms with van der Waals surface area (Å²) in [6.07, 6.45) is 1.41. The van der Waals surface area contributed by atoms with E-state index in [-0.39, 0.29) is 24.9 Å². The number of carbonyl (C=O) groups is 2. The second-order valence-electron chi connectivity index (χ2n) is 4.01. The Bertz CT molecular complexity index is 652. The monoisotopic (exact) mass is 294 g/mol. The number of hydrogen-bond donors (Lipinski definition) is 2. The van der Waals surface area contributed by atoms with Crippen molar-refractivity contribution in [2.24, 2.45) is 0 Å². The van der Waals surface area contributed by atoms with Crippen molar-refractivity contribution in [3.63, 3.8) is 0 Å². The summed E-state index contributed by atoms with van der Waals surface area (Å²) in [4.78, 5) is 39.2. The molecule has 2 heterocycles. The summed E-state index contributed by atoms with van der Waals surface area (Å²) in [5.41, 5.74) is 6.40. The van der Waals surface area contributed by atoms with Gasteiger partial charge in [-0.2, -0.15) is 9.97 Å². The van der Waals surface area contributed by atoms with Crippen molar-refractivity contribution in [3.8, 4) is 0 Å². The Balaban J connectivity index is 2.43. The van der Waals surface area contributed by atoms with E-state index in [0.29, 0.717) is 11.2 Å². The maximum absolute atomic E-state index is 11.5. The van der Waals surface area contributed by atoms with Gasteiger partial charge in [0.25, 0.3) is 0 Å². The van der Waals surface area contributed by atoms with Crippen molar-refractivity contribution in [3.05, 3.63) is 6.33 Å². The number of fused-ring (bicyclic) bond motifs is 1. The number of esters is 2. The molecule has 0 unspecified atom stereocenters. The molecule has 10 heteroatoms. The summed E-state index contributed by atoms with van der Waals surface area (Å²) in [5, 5.41) is 0. The van der Waals surface area contributed by atoms with E-state index in [2.05, 4.69) is 29.4 Å². The van der Waals surface area contributed by atoms with Crippen LogP contribution in [-0.4, -0.2) is 59.2 Å². The Hall–Kier alpha value is -2.91. The minimum Gasteiger partial charge on any atom is -0.468 e. The highest BCUT2D eigenvalue weighted by atomic mass is 16.5. The highest BCUT2D eigenvalue weighted by Crippen LogP contribution is 2.21. The summed E-state index contributed by atoms with van der Waals surface area (Å²) >= 11 is 0. The van der Waals surface area contributed by atoms with Gasteiger partial charge in [-0.15, -0.1) is 0 Å². The fourth-order valence-electron chi connectivity index (χ4n) is 1.71. The molecule has 0 spiro atoms. The molecule has 3 N–H and O–H groups in total. The molecular weight excluding hydrogens is 280 g/mol. The molecule has 0 aromatic carbocycles. The van der Waals surface area contributed by atoms with E-state index in [1.165, 1.54) is 25.4 Å². The summed E-state index contributed by atoms with van der Waals surface area (Å²) in [6, 6.07) is 0. The minimum absolute atomic E-state index is 0.0238. The van der Waals surface area contributed by atoms with Gasteiger partial charge in [-0.1, -0.05) is 0 Å². The highest BCUT2D eigenvalue weighted by Gasteiger charge is 2.21. The van der Waals surface area contributed by atoms with Crippen molar-refractivity contribution in [1.29, 1.82) is 0 Å². The van der Waals surface area contributed by atoms with Crippen LogP contribution in [0.4, 0.5) is 11.8 Å². The average molecular weight is 294 g/mol. The summed E-state index contributed by atoms with van der Waals surface area (Å²) < 4.78 is 9.22. The van der Waals surface area contributed by atoms with Crippen molar-refractivity contribution < 1.29 is 19.1 Å². The van der Waals surface area contributed by atoms with E-state index in [0.717, 1.165) is 0 Å². The Morgan fingerprint density at radius 1 is 1.24 bits per heavy atom. The lowest BCUT2D eigenvalue weighted by atomic mass is 10.4. The van der Waals surface area contributed by atoms with Crippen LogP contribution in [0.2, 0.25) is 0 Å². The van der Waals surface area contributed by atoms with Crippen molar-refractivity contribution in [2.45, 2.75) is 0 Å². The summed E-state index contributed by atoms with van der Waals surface area (Å²) in [7, 11) is 2.50. The highest BCUT2D eigenvalue weighted by molar-refractivity contribution is 5.89. The Labute approximate surface area is 119 Å². The summed E-state index contributed by atoms with van der Waals surface area (Å²) in [6.45, 7) is -0.396. The van der Waals surface area contributed by atoms with Crippen molar-refractivity contribution in [2.75, 3.05) is 37.9 Å². The van der Waals surface area contributed by atoms with Gasteiger partial charge in [0.05, 0.1) is 20.5 Å². The largest absolute Gasteiger partial charge is 0.468 e. The van der Waals surface area contributed by atoms with E-state index < -0.39 is 11.9 Å². The lowest BCUT2D eigenvalue weighted by Gasteiger charge is -2.21. The van der Waals surface area contributed by atoms with E-state index >= 15 is 0 Å². The molecule has 0 aliphatic rings. The van der Waals surface area contributed by atoms with Gasteiger partial charge in [0.1, 0.15) is 18.6 Å². The predicted molar refractivity (Wildman–Crippen MR) is 72.3 cm³/mol. The van der Waals surface area contributed by atoms with Crippen LogP contribution in [0.15, 0.2) is 6.33 Å². The number of aromatic amines is 1. The average Bonchev–Trinajstić information content (AvgIpc) is 2.93. The predicted octanol–water partition coefficient (Wildman–Crippen LogP) is -0.912. The smallest absolute Gasteiger partial charge is 0.325 e. The van der Waals surface area contributed by atoms with Gasteiger partial charge in [-0.3, -0.25) is 9.59 Å². The van der Waals surface area contributed by atoms with E-state index in [1.54, 1.807) is 0 Å². The van der Waals surface area contributed by atoms with Crippen LogP contribution in [0.5, 0.6) is 0 Å². The number of methoxy groups -OCH3 is 2. The van der Waals surface area contributed by atoms with E-state index in [9.17, 15) is 9.59 Å². The Morgan fingerprint density at radius 3 is 2.43 bits per heavy atom. The molecule has 21 heavy (non-hydrogen) atoms. The third kappa shape index (κ3) is 3.16. The molecule has 10 nitrogen and oxygen atoms in total. The van der Waals surface area contributed by atoms with Crippen LogP contribution in [-0.2, 0) is 19.1 Å². The van der Waals surface area contributed by atoms with Crippen LogP contribution in [0, 0.1) is 0 Å². The first-order valence-electron chi connectivity index (χ1n) is 5.90. The number of rotatable bonds is 5. The number of anilines is 2. The number of nitrogens with one attached hydrogen (secondary N) is 1. The Kier molecular flexibility index (Phi) is 4.16. The molecule has 0 saturated heterocycles. The van der Waals surface area contributed by atoms with Crippen LogP contribution < -0.4 is 10.6 Å². The second kappa shape index (κ2) is 6.03. The van der Waals surface area contributed by atoms with Gasteiger partial charge in [-0.05, 0) is 0 Å². The molecule has 0 amide bonds. The Morgan fingerprint density at radius 2 is 1.86 bits per heavy atom.